The van der Waals surface area contributed by atoms with Crippen LogP contribution < -0.4 is 10.6 Å². The number of fused-ring (bicyclic) bond motifs is 3. The van der Waals surface area contributed by atoms with Crippen LogP contribution in [-0.2, 0) is 19.1 Å². The molecule has 3 aliphatic rings. The molecule has 4 atom stereocenters. The largest absolute Gasteiger partial charge is 0.481 e. The summed E-state index contributed by atoms with van der Waals surface area (Å²) < 4.78 is 11.2. The summed E-state index contributed by atoms with van der Waals surface area (Å²) in [4.78, 5) is 36.8. The van der Waals surface area contributed by atoms with Crippen LogP contribution in [0.25, 0.3) is 11.1 Å². The molecule has 0 spiro atoms. The molecule has 0 bridgehead atoms. The molecular formula is C27H30N2O6. The predicted octanol–water partition coefficient (Wildman–Crippen LogP) is 3.44. The third-order valence-electron chi connectivity index (χ3n) is 7.37. The van der Waals surface area contributed by atoms with E-state index in [1.54, 1.807) is 0 Å². The number of ether oxygens (including phenoxy) is 2. The second-order valence-corrected chi connectivity index (χ2v) is 9.56. The van der Waals surface area contributed by atoms with E-state index < -0.39 is 30.1 Å². The maximum absolute atomic E-state index is 12.8. The molecule has 2 fully saturated rings. The summed E-state index contributed by atoms with van der Waals surface area (Å²) in [5.74, 6) is -1.62. The van der Waals surface area contributed by atoms with Gasteiger partial charge >= 0.3 is 12.1 Å². The molecule has 1 saturated heterocycles. The van der Waals surface area contributed by atoms with Crippen LogP contribution in [0.1, 0.15) is 49.1 Å². The fourth-order valence-electron chi connectivity index (χ4n) is 5.62. The van der Waals surface area contributed by atoms with Crippen LogP contribution in [0.4, 0.5) is 4.79 Å². The molecular weight excluding hydrogens is 448 g/mol. The molecule has 2 aromatic rings. The molecule has 184 valence electrons. The molecule has 1 aliphatic heterocycles. The minimum Gasteiger partial charge on any atom is -0.481 e. The number of aliphatic carboxylic acids is 1. The molecule has 8 heteroatoms. The molecule has 8 nitrogen and oxygen atoms in total. The summed E-state index contributed by atoms with van der Waals surface area (Å²) in [5, 5.41) is 15.0. The number of carbonyl (C=O) groups is 3. The highest BCUT2D eigenvalue weighted by Gasteiger charge is 2.38. The highest BCUT2D eigenvalue weighted by molar-refractivity contribution is 5.83. The summed E-state index contributed by atoms with van der Waals surface area (Å²) in [6.07, 6.45) is 1.66. The Morgan fingerprint density at radius 3 is 2.31 bits per heavy atom. The summed E-state index contributed by atoms with van der Waals surface area (Å²) >= 11 is 0. The Morgan fingerprint density at radius 1 is 0.943 bits per heavy atom. The zero-order valence-corrected chi connectivity index (χ0v) is 19.4. The van der Waals surface area contributed by atoms with Gasteiger partial charge in [0.05, 0.1) is 12.0 Å². The van der Waals surface area contributed by atoms with E-state index in [0.717, 1.165) is 35.1 Å². The third kappa shape index (κ3) is 4.89. The Morgan fingerprint density at radius 2 is 1.63 bits per heavy atom. The SMILES string of the molecule is O=C(N[C@@H]1CCO[C@@H]1C(=O)NC1CCCC(C(=O)O)C1)OCC1c2ccccc2-c2ccccc21. The van der Waals surface area contributed by atoms with E-state index in [0.29, 0.717) is 25.9 Å². The molecule has 0 aromatic heterocycles. The topological polar surface area (TPSA) is 114 Å². The van der Waals surface area contributed by atoms with E-state index >= 15 is 0 Å². The van der Waals surface area contributed by atoms with Crippen molar-refractivity contribution in [3.05, 3.63) is 59.7 Å². The van der Waals surface area contributed by atoms with Crippen molar-refractivity contribution in [1.82, 2.24) is 10.6 Å². The first kappa shape index (κ1) is 23.4. The van der Waals surface area contributed by atoms with Crippen LogP contribution in [0.2, 0.25) is 0 Å². The van der Waals surface area contributed by atoms with E-state index in [-0.39, 0.29) is 24.5 Å². The van der Waals surface area contributed by atoms with Gasteiger partial charge in [-0.1, -0.05) is 55.0 Å². The Labute approximate surface area is 204 Å². The predicted molar refractivity (Wildman–Crippen MR) is 128 cm³/mol. The van der Waals surface area contributed by atoms with E-state index in [4.69, 9.17) is 9.47 Å². The van der Waals surface area contributed by atoms with Gasteiger partial charge in [0.1, 0.15) is 6.61 Å². The highest BCUT2D eigenvalue weighted by Crippen LogP contribution is 2.44. The fourth-order valence-corrected chi connectivity index (χ4v) is 5.62. The number of carboxylic acids is 1. The zero-order chi connectivity index (χ0) is 24.4. The van der Waals surface area contributed by atoms with Crippen molar-refractivity contribution in [3.8, 4) is 11.1 Å². The lowest BCUT2D eigenvalue weighted by atomic mass is 9.85. The lowest BCUT2D eigenvalue weighted by Crippen LogP contribution is -2.51. The summed E-state index contributed by atoms with van der Waals surface area (Å²) in [7, 11) is 0. The number of hydrogen-bond donors (Lipinski definition) is 3. The van der Waals surface area contributed by atoms with Crippen LogP contribution in [0.5, 0.6) is 0 Å². The number of amides is 2. The maximum atomic E-state index is 12.8. The molecule has 2 amide bonds. The van der Waals surface area contributed by atoms with Crippen LogP contribution in [0, 0.1) is 5.92 Å². The van der Waals surface area contributed by atoms with Crippen molar-refractivity contribution < 1.29 is 29.0 Å². The number of benzene rings is 2. The van der Waals surface area contributed by atoms with E-state index in [1.807, 2.05) is 24.3 Å². The zero-order valence-electron chi connectivity index (χ0n) is 19.4. The van der Waals surface area contributed by atoms with Gasteiger partial charge in [0.25, 0.3) is 5.91 Å². The molecule has 1 saturated carbocycles. The average molecular weight is 479 g/mol. The van der Waals surface area contributed by atoms with Crippen LogP contribution >= 0.6 is 0 Å². The Kier molecular flexibility index (Phi) is 6.72. The summed E-state index contributed by atoms with van der Waals surface area (Å²) in [6.45, 7) is 0.553. The lowest BCUT2D eigenvalue weighted by molar-refractivity contribution is -0.143. The van der Waals surface area contributed by atoms with Crippen molar-refractivity contribution in [2.24, 2.45) is 5.92 Å². The number of hydrogen-bond acceptors (Lipinski definition) is 5. The number of carboxylic acid groups (broad SMARTS) is 1. The van der Waals surface area contributed by atoms with Crippen molar-refractivity contribution >= 4 is 18.0 Å². The standard InChI is InChI=1S/C27H30N2O6/c30-25(28-17-7-5-6-16(14-17)26(31)32)24-23(12-13-34-24)29-27(33)35-15-22-20-10-3-1-8-18(20)19-9-2-4-11-21(19)22/h1-4,8-11,16-17,22-24H,5-7,12-15H2,(H,28,30)(H,29,33)(H,31,32)/t16?,17?,23-,24+/m1/s1. The first-order valence-electron chi connectivity index (χ1n) is 12.3. The van der Waals surface area contributed by atoms with Gasteiger partial charge in [0.2, 0.25) is 0 Å². The fraction of sp³-hybridized carbons (Fsp3) is 0.444. The normalized spacial score (nSPS) is 25.4. The highest BCUT2D eigenvalue weighted by atomic mass is 16.6. The summed E-state index contributed by atoms with van der Waals surface area (Å²) in [5.41, 5.74) is 4.59. The number of alkyl carbamates (subject to hydrolysis) is 1. The van der Waals surface area contributed by atoms with E-state index in [9.17, 15) is 19.5 Å². The minimum absolute atomic E-state index is 0.0412. The van der Waals surface area contributed by atoms with Crippen LogP contribution in [-0.4, -0.2) is 54.5 Å². The third-order valence-corrected chi connectivity index (χ3v) is 7.37. The molecule has 3 N–H and O–H groups in total. The molecule has 35 heavy (non-hydrogen) atoms. The minimum atomic E-state index is -0.823. The Hall–Kier alpha value is -3.39. The Balaban J connectivity index is 1.17. The second kappa shape index (κ2) is 10.1. The van der Waals surface area contributed by atoms with Gasteiger partial charge in [-0.15, -0.1) is 0 Å². The van der Waals surface area contributed by atoms with Crippen molar-refractivity contribution in [1.29, 1.82) is 0 Å². The Bertz CT molecular complexity index is 1070. The first-order chi connectivity index (χ1) is 17.0. The van der Waals surface area contributed by atoms with Gasteiger partial charge < -0.3 is 25.2 Å². The average Bonchev–Trinajstić information content (AvgIpc) is 3.45. The molecule has 0 radical (unpaired) electrons. The van der Waals surface area contributed by atoms with Crippen molar-refractivity contribution in [3.63, 3.8) is 0 Å². The van der Waals surface area contributed by atoms with Gasteiger partial charge in [-0.3, -0.25) is 9.59 Å². The van der Waals surface area contributed by atoms with E-state index in [1.165, 1.54) is 0 Å². The van der Waals surface area contributed by atoms with Crippen molar-refractivity contribution in [2.75, 3.05) is 13.2 Å². The van der Waals surface area contributed by atoms with Gasteiger partial charge in [-0.2, -0.15) is 0 Å². The van der Waals surface area contributed by atoms with Crippen molar-refractivity contribution in [2.45, 2.75) is 56.2 Å². The smallest absolute Gasteiger partial charge is 0.407 e. The quantitative estimate of drug-likeness (QED) is 0.586. The first-order valence-corrected chi connectivity index (χ1v) is 12.3. The van der Waals surface area contributed by atoms with Crippen LogP contribution in [0.15, 0.2) is 48.5 Å². The molecule has 5 rings (SSSR count). The number of nitrogens with one attached hydrogen (secondary N) is 2. The monoisotopic (exact) mass is 478 g/mol. The van der Waals surface area contributed by atoms with Gasteiger partial charge in [0, 0.05) is 18.6 Å². The van der Waals surface area contributed by atoms with E-state index in [2.05, 4.69) is 34.9 Å². The molecule has 2 aliphatic carbocycles. The second-order valence-electron chi connectivity index (χ2n) is 9.56. The number of carbonyl (C=O) groups excluding carboxylic acids is 2. The van der Waals surface area contributed by atoms with Gasteiger partial charge in [0.15, 0.2) is 6.10 Å². The molecule has 2 aromatic carbocycles. The maximum Gasteiger partial charge on any atom is 0.407 e. The molecule has 2 unspecified atom stereocenters. The summed E-state index contributed by atoms with van der Waals surface area (Å²) in [6, 6.07) is 15.6. The lowest BCUT2D eigenvalue weighted by Gasteiger charge is -2.29. The van der Waals surface area contributed by atoms with Gasteiger partial charge in [-0.05, 0) is 47.9 Å². The number of rotatable bonds is 6. The molecule has 1 heterocycles. The van der Waals surface area contributed by atoms with Gasteiger partial charge in [-0.25, -0.2) is 4.79 Å². The van der Waals surface area contributed by atoms with Crippen LogP contribution in [0.3, 0.4) is 0 Å².